The highest BCUT2D eigenvalue weighted by Crippen LogP contribution is 2.40. The van der Waals surface area contributed by atoms with E-state index in [9.17, 15) is 5.26 Å². The van der Waals surface area contributed by atoms with E-state index >= 15 is 0 Å². The summed E-state index contributed by atoms with van der Waals surface area (Å²) in [6, 6.07) is 13.2. The minimum atomic E-state index is -0.334. The molecule has 0 saturated heterocycles. The predicted molar refractivity (Wildman–Crippen MR) is 82.4 cm³/mol. The fraction of sp³-hybridized carbons (Fsp3) is 0.312. The van der Waals surface area contributed by atoms with Gasteiger partial charge >= 0.3 is 0 Å². The molecule has 1 aromatic carbocycles. The number of halogens is 1. The Morgan fingerprint density at radius 2 is 2.21 bits per heavy atom. The average Bonchev–Trinajstić information content (AvgIpc) is 2.84. The SMILES string of the molecule is N#CC1(Cc2cc(Br)cs2)CCCc2ccccc21. The van der Waals surface area contributed by atoms with Crippen molar-refractivity contribution in [2.24, 2.45) is 0 Å². The van der Waals surface area contributed by atoms with Crippen molar-refractivity contribution in [3.05, 3.63) is 56.2 Å². The molecule has 0 spiro atoms. The molecule has 0 saturated carbocycles. The maximum atomic E-state index is 9.80. The largest absolute Gasteiger partial charge is 0.197 e. The first-order valence-corrected chi connectivity index (χ1v) is 8.13. The Balaban J connectivity index is 2.03. The van der Waals surface area contributed by atoms with Gasteiger partial charge in [-0.05, 0) is 52.4 Å². The fourth-order valence-electron chi connectivity index (χ4n) is 3.00. The Hall–Kier alpha value is -1.11. The molecule has 1 aliphatic carbocycles. The van der Waals surface area contributed by atoms with Crippen molar-refractivity contribution >= 4 is 27.3 Å². The van der Waals surface area contributed by atoms with E-state index in [1.807, 2.05) is 0 Å². The van der Waals surface area contributed by atoms with Crippen LogP contribution >= 0.6 is 27.3 Å². The third-order valence-corrected chi connectivity index (χ3v) is 5.59. The molecule has 0 radical (unpaired) electrons. The van der Waals surface area contributed by atoms with Crippen LogP contribution in [-0.2, 0) is 18.3 Å². The van der Waals surface area contributed by atoms with Gasteiger partial charge in [0, 0.05) is 21.2 Å². The predicted octanol–water partition coefficient (Wildman–Crippen LogP) is 4.85. The summed E-state index contributed by atoms with van der Waals surface area (Å²) in [4.78, 5) is 1.28. The van der Waals surface area contributed by atoms with Crippen molar-refractivity contribution in [1.29, 1.82) is 5.26 Å². The molecule has 1 unspecified atom stereocenters. The molecule has 0 aliphatic heterocycles. The minimum absolute atomic E-state index is 0.334. The first-order chi connectivity index (χ1) is 9.23. The first kappa shape index (κ1) is 12.9. The number of hydrogen-bond donors (Lipinski definition) is 0. The van der Waals surface area contributed by atoms with Gasteiger partial charge in [0.05, 0.1) is 11.5 Å². The molecular formula is C16H14BrNS. The van der Waals surface area contributed by atoms with Crippen molar-refractivity contribution in [2.45, 2.75) is 31.1 Å². The first-order valence-electron chi connectivity index (χ1n) is 6.46. The van der Waals surface area contributed by atoms with Crippen LogP contribution in [0.3, 0.4) is 0 Å². The monoisotopic (exact) mass is 331 g/mol. The average molecular weight is 332 g/mol. The lowest BCUT2D eigenvalue weighted by atomic mass is 9.69. The van der Waals surface area contributed by atoms with Gasteiger partial charge in [-0.15, -0.1) is 11.3 Å². The highest BCUT2D eigenvalue weighted by atomic mass is 79.9. The van der Waals surface area contributed by atoms with Gasteiger partial charge in [0.15, 0.2) is 0 Å². The van der Waals surface area contributed by atoms with Crippen molar-refractivity contribution in [3.63, 3.8) is 0 Å². The Morgan fingerprint density at radius 3 is 2.95 bits per heavy atom. The molecule has 1 atom stereocenters. The van der Waals surface area contributed by atoms with Gasteiger partial charge in [-0.1, -0.05) is 24.3 Å². The molecule has 1 aromatic heterocycles. The molecule has 3 heteroatoms. The molecule has 3 rings (SSSR count). The van der Waals surface area contributed by atoms with E-state index in [-0.39, 0.29) is 5.41 Å². The number of hydrogen-bond acceptors (Lipinski definition) is 2. The van der Waals surface area contributed by atoms with E-state index in [2.05, 4.69) is 57.7 Å². The summed E-state index contributed by atoms with van der Waals surface area (Å²) in [5, 5.41) is 11.9. The molecule has 96 valence electrons. The summed E-state index contributed by atoms with van der Waals surface area (Å²) in [6.45, 7) is 0. The Labute approximate surface area is 126 Å². The van der Waals surface area contributed by atoms with E-state index in [0.717, 1.165) is 30.2 Å². The third-order valence-electron chi connectivity index (χ3n) is 3.89. The quantitative estimate of drug-likeness (QED) is 0.771. The normalized spacial score (nSPS) is 21.7. The van der Waals surface area contributed by atoms with Crippen LogP contribution in [-0.4, -0.2) is 0 Å². The van der Waals surface area contributed by atoms with Gasteiger partial charge in [-0.3, -0.25) is 0 Å². The van der Waals surface area contributed by atoms with Crippen molar-refractivity contribution in [1.82, 2.24) is 0 Å². The van der Waals surface area contributed by atoms with Crippen molar-refractivity contribution in [2.75, 3.05) is 0 Å². The van der Waals surface area contributed by atoms with Crippen LogP contribution < -0.4 is 0 Å². The smallest absolute Gasteiger partial charge is 0.0873 e. The molecule has 1 heterocycles. The maximum Gasteiger partial charge on any atom is 0.0873 e. The van der Waals surface area contributed by atoms with E-state index < -0.39 is 0 Å². The maximum absolute atomic E-state index is 9.80. The Morgan fingerprint density at radius 1 is 1.37 bits per heavy atom. The molecule has 0 amide bonds. The number of aryl methyl sites for hydroxylation is 1. The van der Waals surface area contributed by atoms with E-state index in [4.69, 9.17) is 0 Å². The number of nitrogens with zero attached hydrogens (tertiary/aromatic N) is 1. The fourth-order valence-corrected chi connectivity index (χ4v) is 4.57. The molecule has 1 aliphatic rings. The van der Waals surface area contributed by atoms with Gasteiger partial charge in [0.1, 0.15) is 0 Å². The summed E-state index contributed by atoms with van der Waals surface area (Å²) in [6.07, 6.45) is 4.01. The molecule has 19 heavy (non-hydrogen) atoms. The van der Waals surface area contributed by atoms with E-state index in [1.165, 1.54) is 16.0 Å². The zero-order valence-corrected chi connectivity index (χ0v) is 12.9. The van der Waals surface area contributed by atoms with Crippen LogP contribution in [0.4, 0.5) is 0 Å². The molecule has 0 N–H and O–H groups in total. The van der Waals surface area contributed by atoms with Crippen LogP contribution in [0.15, 0.2) is 40.2 Å². The van der Waals surface area contributed by atoms with Crippen LogP contribution in [0.2, 0.25) is 0 Å². The number of thiophene rings is 1. The van der Waals surface area contributed by atoms with Gasteiger partial charge in [-0.2, -0.15) is 5.26 Å². The van der Waals surface area contributed by atoms with Crippen LogP contribution in [0, 0.1) is 11.3 Å². The molecule has 2 aromatic rings. The summed E-state index contributed by atoms with van der Waals surface area (Å²) in [5.41, 5.74) is 2.26. The highest BCUT2D eigenvalue weighted by Gasteiger charge is 2.37. The summed E-state index contributed by atoms with van der Waals surface area (Å²) in [7, 11) is 0. The zero-order chi connectivity index (χ0) is 13.3. The van der Waals surface area contributed by atoms with Gasteiger partial charge in [0.25, 0.3) is 0 Å². The lowest BCUT2D eigenvalue weighted by Crippen LogP contribution is -2.31. The van der Waals surface area contributed by atoms with Gasteiger partial charge < -0.3 is 0 Å². The lowest BCUT2D eigenvalue weighted by molar-refractivity contribution is 0.453. The van der Waals surface area contributed by atoms with Gasteiger partial charge in [-0.25, -0.2) is 0 Å². The lowest BCUT2D eigenvalue weighted by Gasteiger charge is -2.33. The number of benzene rings is 1. The second kappa shape index (κ2) is 5.11. The number of nitriles is 1. The summed E-state index contributed by atoms with van der Waals surface area (Å²) >= 11 is 5.23. The molecule has 1 nitrogen and oxygen atoms in total. The molecule has 0 bridgehead atoms. The number of rotatable bonds is 2. The second-order valence-electron chi connectivity index (χ2n) is 5.11. The van der Waals surface area contributed by atoms with Gasteiger partial charge in [0.2, 0.25) is 0 Å². The van der Waals surface area contributed by atoms with Crippen LogP contribution in [0.1, 0.15) is 28.8 Å². The van der Waals surface area contributed by atoms with E-state index in [0.29, 0.717) is 0 Å². The summed E-state index contributed by atoms with van der Waals surface area (Å²) in [5.74, 6) is 0. The number of fused-ring (bicyclic) bond motifs is 1. The third kappa shape index (κ3) is 2.35. The topological polar surface area (TPSA) is 23.8 Å². The Kier molecular flexibility index (Phi) is 3.47. The minimum Gasteiger partial charge on any atom is -0.197 e. The van der Waals surface area contributed by atoms with Crippen molar-refractivity contribution in [3.8, 4) is 6.07 Å². The highest BCUT2D eigenvalue weighted by molar-refractivity contribution is 9.10. The Bertz CT molecular complexity index is 640. The van der Waals surface area contributed by atoms with E-state index in [1.54, 1.807) is 11.3 Å². The molecule has 0 fully saturated rings. The van der Waals surface area contributed by atoms with Crippen molar-refractivity contribution < 1.29 is 0 Å². The second-order valence-corrected chi connectivity index (χ2v) is 7.02. The summed E-state index contributed by atoms with van der Waals surface area (Å²) < 4.78 is 1.12. The molecular weight excluding hydrogens is 318 g/mol. The van der Waals surface area contributed by atoms with Crippen LogP contribution in [0.25, 0.3) is 0 Å². The zero-order valence-electron chi connectivity index (χ0n) is 10.5. The standard InChI is InChI=1S/C16H14BrNS/c17-13-8-14(19-10-13)9-16(11-18)7-3-5-12-4-1-2-6-15(12)16/h1-2,4,6,8,10H,3,5,7,9H2. The van der Waals surface area contributed by atoms with Crippen LogP contribution in [0.5, 0.6) is 0 Å².